The molecule has 2 heterocycles. The molecule has 1 N–H and O–H groups in total. The van der Waals surface area contributed by atoms with Crippen LogP contribution in [0.2, 0.25) is 0 Å². The topological polar surface area (TPSA) is 88.7 Å². The Morgan fingerprint density at radius 1 is 1.30 bits per heavy atom. The van der Waals surface area contributed by atoms with Crippen molar-refractivity contribution in [3.05, 3.63) is 70.0 Å². The van der Waals surface area contributed by atoms with Gasteiger partial charge >= 0.3 is 5.63 Å². The maximum absolute atomic E-state index is 12.1. The van der Waals surface area contributed by atoms with E-state index in [9.17, 15) is 14.4 Å². The van der Waals surface area contributed by atoms with Crippen LogP contribution in [0.5, 0.6) is 0 Å². The molecule has 1 unspecified atom stereocenters. The molecule has 3 rings (SSSR count). The summed E-state index contributed by atoms with van der Waals surface area (Å²) in [6.45, 7) is 1.99. The second kappa shape index (κ2) is 6.00. The van der Waals surface area contributed by atoms with Crippen LogP contribution in [-0.2, 0) is 4.79 Å². The van der Waals surface area contributed by atoms with E-state index in [1.54, 1.807) is 18.2 Å². The van der Waals surface area contributed by atoms with Crippen molar-refractivity contribution in [3.63, 3.8) is 0 Å². The van der Waals surface area contributed by atoms with E-state index in [4.69, 9.17) is 0 Å². The highest BCUT2D eigenvalue weighted by atomic mass is 16.4. The van der Waals surface area contributed by atoms with Gasteiger partial charge in [-0.2, -0.15) is 0 Å². The third-order valence-electron chi connectivity index (χ3n) is 3.67. The first-order valence-corrected chi connectivity index (χ1v) is 7.20. The van der Waals surface area contributed by atoms with Gasteiger partial charge in [0.25, 0.3) is 5.91 Å². The Bertz CT molecular complexity index is 835. The van der Waals surface area contributed by atoms with E-state index in [1.165, 1.54) is 6.07 Å². The molecule has 0 aromatic carbocycles. The maximum Gasteiger partial charge on any atom is 0.335 e. The van der Waals surface area contributed by atoms with E-state index in [0.717, 1.165) is 24.3 Å². The Morgan fingerprint density at radius 2 is 2.13 bits per heavy atom. The van der Waals surface area contributed by atoms with Crippen molar-refractivity contribution in [3.8, 4) is 0 Å². The molecule has 1 aromatic heterocycles. The Morgan fingerprint density at radius 3 is 2.83 bits per heavy atom. The number of aliphatic imine (C=N–C) groups is 1. The van der Waals surface area contributed by atoms with Crippen LogP contribution in [0.15, 0.2) is 68.2 Å². The predicted octanol–water partition coefficient (Wildman–Crippen LogP) is 1.76. The van der Waals surface area contributed by atoms with Gasteiger partial charge in [0.15, 0.2) is 0 Å². The minimum absolute atomic E-state index is 0.0153. The zero-order valence-corrected chi connectivity index (χ0v) is 12.4. The van der Waals surface area contributed by atoms with Gasteiger partial charge in [-0.3, -0.25) is 9.59 Å². The summed E-state index contributed by atoms with van der Waals surface area (Å²) in [6.07, 6.45) is 8.78. The molecule has 1 aliphatic carbocycles. The van der Waals surface area contributed by atoms with Crippen molar-refractivity contribution < 1.29 is 14.0 Å². The van der Waals surface area contributed by atoms with E-state index in [2.05, 4.69) is 14.7 Å². The zero-order valence-electron chi connectivity index (χ0n) is 12.4. The number of rotatable bonds is 2. The summed E-state index contributed by atoms with van der Waals surface area (Å²) in [4.78, 5) is 38.6. The molecule has 0 radical (unpaired) electrons. The monoisotopic (exact) mass is 310 g/mol. The first-order valence-electron chi connectivity index (χ1n) is 7.20. The first kappa shape index (κ1) is 14.9. The highest BCUT2D eigenvalue weighted by Gasteiger charge is 2.25. The van der Waals surface area contributed by atoms with Gasteiger partial charge in [-0.25, -0.2) is 9.79 Å². The molecule has 0 fully saturated rings. The molecule has 0 spiro atoms. The van der Waals surface area contributed by atoms with E-state index in [0.29, 0.717) is 11.4 Å². The quantitative estimate of drug-likeness (QED) is 0.901. The lowest BCUT2D eigenvalue weighted by molar-refractivity contribution is -0.116. The number of hydrogen-bond donors (Lipinski definition) is 1. The molecule has 1 aromatic rings. The van der Waals surface area contributed by atoms with Crippen molar-refractivity contribution in [2.24, 2.45) is 10.9 Å². The van der Waals surface area contributed by atoms with Crippen LogP contribution < -0.4 is 10.9 Å². The van der Waals surface area contributed by atoms with Gasteiger partial charge in [-0.05, 0) is 24.6 Å². The third-order valence-corrected chi connectivity index (χ3v) is 3.67. The number of amides is 2. The highest BCUT2D eigenvalue weighted by Crippen LogP contribution is 2.28. The van der Waals surface area contributed by atoms with Gasteiger partial charge in [-0.1, -0.05) is 18.6 Å². The lowest BCUT2D eigenvalue weighted by Crippen LogP contribution is -2.33. The second-order valence-electron chi connectivity index (χ2n) is 5.18. The Kier molecular flexibility index (Phi) is 3.89. The lowest BCUT2D eigenvalue weighted by atomic mass is 9.86. The summed E-state index contributed by atoms with van der Waals surface area (Å²) in [5.74, 6) is -0.672. The van der Waals surface area contributed by atoms with Crippen molar-refractivity contribution in [2.75, 3.05) is 0 Å². The van der Waals surface area contributed by atoms with Crippen LogP contribution in [0, 0.1) is 5.92 Å². The molecule has 0 saturated heterocycles. The number of nitrogens with zero attached hydrogens (tertiary/aromatic N) is 1. The van der Waals surface area contributed by atoms with Crippen molar-refractivity contribution in [2.45, 2.75) is 13.3 Å². The molecular formula is C17H14N2O4. The van der Waals surface area contributed by atoms with Crippen molar-refractivity contribution in [1.82, 2.24) is 5.32 Å². The van der Waals surface area contributed by atoms with E-state index in [-0.39, 0.29) is 17.4 Å². The van der Waals surface area contributed by atoms with Gasteiger partial charge in [-0.15, -0.1) is 0 Å². The zero-order chi connectivity index (χ0) is 16.4. The smallest absolute Gasteiger partial charge is 0.335 e. The summed E-state index contributed by atoms with van der Waals surface area (Å²) < 4.78 is 4.65. The Labute approximate surface area is 131 Å². The molecule has 6 heteroatoms. The fourth-order valence-electron chi connectivity index (χ4n) is 2.52. The number of hydrogen-bond acceptors (Lipinski definition) is 4. The molecule has 0 bridgehead atoms. The fourth-order valence-corrected chi connectivity index (χ4v) is 2.52. The van der Waals surface area contributed by atoms with Gasteiger partial charge < -0.3 is 9.73 Å². The minimum Gasteiger partial charge on any atom is -0.430 e. The molecule has 2 aliphatic rings. The van der Waals surface area contributed by atoms with Crippen LogP contribution in [0.25, 0.3) is 0 Å². The maximum atomic E-state index is 12.1. The number of allylic oxidation sites excluding steroid dienone is 3. The Balaban J connectivity index is 1.87. The van der Waals surface area contributed by atoms with Crippen LogP contribution in [-0.4, -0.2) is 17.5 Å². The first-order chi connectivity index (χ1) is 11.1. The van der Waals surface area contributed by atoms with Gasteiger partial charge in [0.05, 0.1) is 11.3 Å². The fraction of sp³-hybridized carbons (Fsp3) is 0.176. The number of fused-ring (bicyclic) bond motifs is 1. The molecular weight excluding hydrogens is 296 g/mol. The van der Waals surface area contributed by atoms with E-state index < -0.39 is 11.5 Å². The van der Waals surface area contributed by atoms with Gasteiger partial charge in [0.2, 0.25) is 5.91 Å². The molecule has 1 atom stereocenters. The summed E-state index contributed by atoms with van der Waals surface area (Å²) in [6, 6.07) is 2.53. The second-order valence-corrected chi connectivity index (χ2v) is 5.18. The molecule has 116 valence electrons. The predicted molar refractivity (Wildman–Crippen MR) is 84.0 cm³/mol. The number of carbonyl (C=O) groups excluding carboxylic acids is 2. The van der Waals surface area contributed by atoms with E-state index >= 15 is 0 Å². The number of nitrogens with one attached hydrogen (secondary N) is 1. The lowest BCUT2D eigenvalue weighted by Gasteiger charge is -2.26. The van der Waals surface area contributed by atoms with Gasteiger partial charge in [0.1, 0.15) is 6.26 Å². The summed E-state index contributed by atoms with van der Waals surface area (Å²) in [7, 11) is 0. The van der Waals surface area contributed by atoms with Crippen molar-refractivity contribution >= 4 is 17.5 Å². The SMILES string of the molecule is CCC1=CC(=O)NC2=CC(=NC(=O)c3ccc(=O)oc3)C=CC12. The molecule has 0 saturated carbocycles. The average molecular weight is 310 g/mol. The average Bonchev–Trinajstić information content (AvgIpc) is 2.54. The van der Waals surface area contributed by atoms with E-state index in [1.807, 2.05) is 13.0 Å². The van der Waals surface area contributed by atoms with Crippen LogP contribution >= 0.6 is 0 Å². The minimum atomic E-state index is -0.527. The summed E-state index contributed by atoms with van der Waals surface area (Å²) in [5.41, 5.74) is 1.83. The molecule has 1 aliphatic heterocycles. The normalized spacial score (nSPS) is 21.3. The van der Waals surface area contributed by atoms with Crippen LogP contribution in [0.4, 0.5) is 0 Å². The molecule has 6 nitrogen and oxygen atoms in total. The van der Waals surface area contributed by atoms with Crippen LogP contribution in [0.1, 0.15) is 23.7 Å². The summed E-state index contributed by atoms with van der Waals surface area (Å²) >= 11 is 0. The number of carbonyl (C=O) groups is 2. The molecule has 2 amide bonds. The van der Waals surface area contributed by atoms with Gasteiger partial charge in [0, 0.05) is 23.8 Å². The van der Waals surface area contributed by atoms with Crippen LogP contribution in [0.3, 0.4) is 0 Å². The standard InChI is InChI=1S/C17H14N2O4/c1-2-10-7-15(20)19-14-8-12(4-5-13(10)14)18-17(22)11-3-6-16(21)23-9-11/h3-9,13H,2H2,1H3,(H,19,20). The molecule has 23 heavy (non-hydrogen) atoms. The third kappa shape index (κ3) is 3.11. The largest absolute Gasteiger partial charge is 0.430 e. The highest BCUT2D eigenvalue weighted by molar-refractivity contribution is 6.14. The van der Waals surface area contributed by atoms with Crippen molar-refractivity contribution in [1.29, 1.82) is 0 Å². The Hall–Kier alpha value is -3.02. The summed E-state index contributed by atoms with van der Waals surface area (Å²) in [5, 5.41) is 2.78.